The van der Waals surface area contributed by atoms with Crippen LogP contribution < -0.4 is 10.6 Å². The Morgan fingerprint density at radius 1 is 1.90 bits per heavy atom. The number of carbonyl (C=O) groups is 1. The minimum absolute atomic E-state index is 0.243. The highest BCUT2D eigenvalue weighted by molar-refractivity contribution is 5.68. The van der Waals surface area contributed by atoms with Crippen LogP contribution in [0.1, 0.15) is 6.92 Å². The van der Waals surface area contributed by atoms with Gasteiger partial charge in [-0.1, -0.05) is 0 Å². The van der Waals surface area contributed by atoms with Gasteiger partial charge in [-0.3, -0.25) is 4.79 Å². The van der Waals surface area contributed by atoms with Crippen LogP contribution in [0.2, 0.25) is 0 Å². The number of hydrogen-bond donors (Lipinski definition) is 1. The molecule has 2 N–H and O–H groups in total. The number of nitrogen functional groups attached to an aromatic ring is 1. The number of nitrogens with zero attached hydrogens (tertiary/aromatic N) is 2. The highest BCUT2D eigenvalue weighted by atomic mass is 16.5. The van der Waals surface area contributed by atoms with E-state index in [2.05, 4.69) is 9.72 Å². The van der Waals surface area contributed by atoms with Crippen LogP contribution in [-0.4, -0.2) is 15.6 Å². The Kier molecular flexibility index (Phi) is 1.57. The summed E-state index contributed by atoms with van der Waals surface area (Å²) in [5.41, 5.74) is 0. The Balaban J connectivity index is 2.74. The van der Waals surface area contributed by atoms with Crippen LogP contribution in [0.25, 0.3) is 0 Å². The van der Waals surface area contributed by atoms with Crippen LogP contribution in [-0.2, 0) is 4.79 Å². The zero-order valence-electron chi connectivity index (χ0n) is 5.44. The maximum atomic E-state index is 10.3. The maximum Gasteiger partial charge on any atom is 0.309 e. The second-order valence-electron chi connectivity index (χ2n) is 1.73. The largest absolute Gasteiger partial charge is 0.406 e. The second kappa shape index (κ2) is 2.38. The number of hydrogen-bond acceptors (Lipinski definition) is 4. The first-order valence-corrected chi connectivity index (χ1v) is 2.66. The van der Waals surface area contributed by atoms with Crippen molar-refractivity contribution in [2.45, 2.75) is 6.92 Å². The predicted octanol–water partition coefficient (Wildman–Crippen LogP) is -0.478. The lowest BCUT2D eigenvalue weighted by atomic mass is 10.8. The van der Waals surface area contributed by atoms with E-state index in [9.17, 15) is 4.79 Å². The van der Waals surface area contributed by atoms with Gasteiger partial charge in [0, 0.05) is 6.92 Å². The molecule has 1 rings (SSSR count). The molecule has 0 unspecified atom stereocenters. The van der Waals surface area contributed by atoms with Gasteiger partial charge in [0.1, 0.15) is 6.33 Å². The fourth-order valence-corrected chi connectivity index (χ4v) is 0.519. The van der Waals surface area contributed by atoms with Gasteiger partial charge in [-0.15, -0.1) is 0 Å². The van der Waals surface area contributed by atoms with Gasteiger partial charge in [-0.25, -0.2) is 9.66 Å². The molecule has 0 aliphatic heterocycles. The maximum absolute atomic E-state index is 10.3. The zero-order chi connectivity index (χ0) is 7.56. The quantitative estimate of drug-likeness (QED) is 0.423. The predicted molar refractivity (Wildman–Crippen MR) is 33.7 cm³/mol. The molecule has 1 aromatic heterocycles. The van der Waals surface area contributed by atoms with Gasteiger partial charge >= 0.3 is 5.97 Å². The molecule has 5 nitrogen and oxygen atoms in total. The number of aromatic nitrogens is 2. The van der Waals surface area contributed by atoms with Crippen molar-refractivity contribution >= 4 is 5.97 Å². The summed E-state index contributed by atoms with van der Waals surface area (Å²) in [5, 5.41) is 0. The molecule has 10 heavy (non-hydrogen) atoms. The van der Waals surface area contributed by atoms with Gasteiger partial charge in [-0.2, -0.15) is 0 Å². The number of rotatable bonds is 1. The van der Waals surface area contributed by atoms with Crippen LogP contribution in [0.4, 0.5) is 0 Å². The summed E-state index contributed by atoms with van der Waals surface area (Å²) in [7, 11) is 0. The first-order chi connectivity index (χ1) is 4.70. The number of nitrogens with two attached hydrogens (primary N) is 1. The van der Waals surface area contributed by atoms with Crippen LogP contribution in [0.5, 0.6) is 5.88 Å². The van der Waals surface area contributed by atoms with E-state index < -0.39 is 5.97 Å². The summed E-state index contributed by atoms with van der Waals surface area (Å²) in [4.78, 5) is 14.0. The minimum atomic E-state index is -0.410. The molecule has 0 radical (unpaired) electrons. The van der Waals surface area contributed by atoms with Crippen molar-refractivity contribution in [1.82, 2.24) is 9.66 Å². The summed E-state index contributed by atoms with van der Waals surface area (Å²) in [6, 6.07) is 0. The molecule has 0 amide bonds. The average molecular weight is 141 g/mol. The standard InChI is InChI=1S/C5H7N3O2/c1-4(9)10-5-2-7-3-8(5)6/h2-3H,6H2,1H3. The van der Waals surface area contributed by atoms with Crippen molar-refractivity contribution in [3.05, 3.63) is 12.5 Å². The lowest BCUT2D eigenvalue weighted by Gasteiger charge is -1.98. The molecule has 5 heteroatoms. The summed E-state index contributed by atoms with van der Waals surface area (Å²) in [6.07, 6.45) is 2.71. The highest BCUT2D eigenvalue weighted by Crippen LogP contribution is 2.04. The Morgan fingerprint density at radius 2 is 2.60 bits per heavy atom. The number of imidazole rings is 1. The third-order valence-electron chi connectivity index (χ3n) is 0.879. The van der Waals surface area contributed by atoms with Crippen molar-refractivity contribution in [3.63, 3.8) is 0 Å². The van der Waals surface area contributed by atoms with Gasteiger partial charge in [0.25, 0.3) is 0 Å². The highest BCUT2D eigenvalue weighted by Gasteiger charge is 2.00. The fourth-order valence-electron chi connectivity index (χ4n) is 0.519. The first-order valence-electron chi connectivity index (χ1n) is 2.66. The summed E-state index contributed by atoms with van der Waals surface area (Å²) < 4.78 is 5.75. The molecule has 0 aliphatic rings. The van der Waals surface area contributed by atoms with Gasteiger partial charge in [0.15, 0.2) is 0 Å². The Morgan fingerprint density at radius 3 is 3.00 bits per heavy atom. The van der Waals surface area contributed by atoms with Crippen molar-refractivity contribution in [2.75, 3.05) is 5.84 Å². The van der Waals surface area contributed by atoms with Gasteiger partial charge < -0.3 is 10.6 Å². The van der Waals surface area contributed by atoms with Crippen molar-refractivity contribution in [3.8, 4) is 5.88 Å². The summed E-state index contributed by atoms with van der Waals surface area (Å²) in [5.74, 6) is 5.10. The summed E-state index contributed by atoms with van der Waals surface area (Å²) in [6.45, 7) is 1.30. The lowest BCUT2D eigenvalue weighted by molar-refractivity contribution is -0.132. The molecule has 0 spiro atoms. The Bertz CT molecular complexity index is 243. The topological polar surface area (TPSA) is 70.1 Å². The summed E-state index contributed by atoms with van der Waals surface area (Å²) >= 11 is 0. The zero-order valence-corrected chi connectivity index (χ0v) is 5.44. The van der Waals surface area contributed by atoms with E-state index in [1.165, 1.54) is 19.4 Å². The molecule has 0 saturated carbocycles. The van der Waals surface area contributed by atoms with Crippen molar-refractivity contribution in [2.24, 2.45) is 0 Å². The molecule has 0 aromatic carbocycles. The lowest BCUT2D eigenvalue weighted by Crippen LogP contribution is -2.12. The molecular weight excluding hydrogens is 134 g/mol. The van der Waals surface area contributed by atoms with E-state index in [1.54, 1.807) is 0 Å². The number of esters is 1. The van der Waals surface area contributed by atoms with E-state index in [0.29, 0.717) is 0 Å². The van der Waals surface area contributed by atoms with Crippen molar-refractivity contribution < 1.29 is 9.53 Å². The third kappa shape index (κ3) is 1.25. The van der Waals surface area contributed by atoms with Crippen LogP contribution in [0.15, 0.2) is 12.5 Å². The van der Waals surface area contributed by atoms with Crippen LogP contribution in [0.3, 0.4) is 0 Å². The smallest absolute Gasteiger partial charge is 0.309 e. The molecule has 0 aliphatic carbocycles. The van der Waals surface area contributed by atoms with Gasteiger partial charge in [-0.05, 0) is 0 Å². The first kappa shape index (κ1) is 6.60. The van der Waals surface area contributed by atoms with Crippen LogP contribution in [0, 0.1) is 0 Å². The molecule has 1 heterocycles. The molecule has 0 saturated heterocycles. The Labute approximate surface area is 57.4 Å². The van der Waals surface area contributed by atoms with E-state index in [1.807, 2.05) is 0 Å². The van der Waals surface area contributed by atoms with E-state index >= 15 is 0 Å². The van der Waals surface area contributed by atoms with E-state index in [-0.39, 0.29) is 5.88 Å². The van der Waals surface area contributed by atoms with Gasteiger partial charge in [0.05, 0.1) is 6.20 Å². The van der Waals surface area contributed by atoms with E-state index in [4.69, 9.17) is 5.84 Å². The molecule has 0 bridgehead atoms. The average Bonchev–Trinajstić information content (AvgIpc) is 2.15. The molecule has 54 valence electrons. The number of carbonyl (C=O) groups excluding carboxylic acids is 1. The fraction of sp³-hybridized carbons (Fsp3) is 0.200. The van der Waals surface area contributed by atoms with Gasteiger partial charge in [0.2, 0.25) is 5.88 Å². The monoisotopic (exact) mass is 141 g/mol. The normalized spacial score (nSPS) is 9.30. The second-order valence-corrected chi connectivity index (χ2v) is 1.73. The van der Waals surface area contributed by atoms with Crippen molar-refractivity contribution in [1.29, 1.82) is 0 Å². The van der Waals surface area contributed by atoms with E-state index in [0.717, 1.165) is 4.68 Å². The molecular formula is C5H7N3O2. The SMILES string of the molecule is CC(=O)Oc1cncn1N. The molecule has 1 aromatic rings. The minimum Gasteiger partial charge on any atom is -0.406 e. The molecule has 0 atom stereocenters. The number of ether oxygens (including phenoxy) is 1. The van der Waals surface area contributed by atoms with Crippen LogP contribution >= 0.6 is 0 Å². The molecule has 0 fully saturated rings. The Hall–Kier alpha value is -1.52. The third-order valence-corrected chi connectivity index (χ3v) is 0.879.